The molecule has 4 rings (SSSR count). The second-order valence-electron chi connectivity index (χ2n) is 9.64. The first kappa shape index (κ1) is 29.1. The maximum absolute atomic E-state index is 13.8. The smallest absolute Gasteiger partial charge is 0.245 e. The molecule has 2 fully saturated rings. The highest BCUT2D eigenvalue weighted by Gasteiger charge is 2.50. The molecule has 10 nitrogen and oxygen atoms in total. The largest absolute Gasteiger partial charge is 0.380 e. The van der Waals surface area contributed by atoms with Crippen molar-refractivity contribution in [3.05, 3.63) is 46.8 Å². The molecule has 2 saturated heterocycles. The van der Waals surface area contributed by atoms with Gasteiger partial charge in [0.2, 0.25) is 15.9 Å². The molecule has 0 radical (unpaired) electrons. The fourth-order valence-corrected chi connectivity index (χ4v) is 9.35. The van der Waals surface area contributed by atoms with Gasteiger partial charge in [0.15, 0.2) is 16.1 Å². The van der Waals surface area contributed by atoms with Crippen molar-refractivity contribution in [1.82, 2.24) is 9.79 Å². The van der Waals surface area contributed by atoms with Crippen LogP contribution in [0.4, 0.5) is 0 Å². The van der Waals surface area contributed by atoms with Crippen LogP contribution in [-0.4, -0.2) is 72.2 Å². The average molecular weight is 587 g/mol. The van der Waals surface area contributed by atoms with Gasteiger partial charge in [0.1, 0.15) is 4.75 Å². The quantitative estimate of drug-likeness (QED) is 0.445. The highest BCUT2D eigenvalue weighted by atomic mass is 32.2. The third-order valence-electron chi connectivity index (χ3n) is 6.93. The molecule has 2 atom stereocenters. The van der Waals surface area contributed by atoms with E-state index in [2.05, 4.69) is 5.48 Å². The number of hydrogen-bond donors (Lipinski definition) is 1. The predicted molar refractivity (Wildman–Crippen MR) is 144 cm³/mol. The molecule has 1 amide bonds. The minimum atomic E-state index is -3.95. The van der Waals surface area contributed by atoms with E-state index in [1.807, 2.05) is 30.3 Å². The summed E-state index contributed by atoms with van der Waals surface area (Å²) in [5.41, 5.74) is 4.30. The number of sulfone groups is 1. The van der Waals surface area contributed by atoms with Crippen LogP contribution < -0.4 is 5.48 Å². The molecule has 38 heavy (non-hydrogen) atoms. The van der Waals surface area contributed by atoms with E-state index in [9.17, 15) is 21.6 Å². The summed E-state index contributed by atoms with van der Waals surface area (Å²) >= 11 is 1.30. The molecule has 3 heterocycles. The van der Waals surface area contributed by atoms with Gasteiger partial charge in [-0.15, -0.1) is 11.3 Å². The summed E-state index contributed by atoms with van der Waals surface area (Å²) in [6.45, 7) is 0.842. The molecule has 1 aromatic carbocycles. The monoisotopic (exact) mass is 586 g/mol. The lowest BCUT2D eigenvalue weighted by atomic mass is 9.97. The molecular formula is C25H34N2O8S3. The average Bonchev–Trinajstić information content (AvgIpc) is 3.33. The molecule has 1 N–H and O–H groups in total. The predicted octanol–water partition coefficient (Wildman–Crippen LogP) is 2.80. The van der Waals surface area contributed by atoms with Crippen molar-refractivity contribution in [3.8, 4) is 10.4 Å². The van der Waals surface area contributed by atoms with E-state index in [1.54, 1.807) is 13.2 Å². The Balaban J connectivity index is 1.65. The highest BCUT2D eigenvalue weighted by molar-refractivity contribution is 7.92. The van der Waals surface area contributed by atoms with Crippen LogP contribution in [-0.2, 0) is 50.3 Å². The molecule has 2 aliphatic heterocycles. The first-order valence-electron chi connectivity index (χ1n) is 12.5. The summed E-state index contributed by atoms with van der Waals surface area (Å²) in [6.07, 6.45) is 2.49. The Hall–Kier alpha value is -1.87. The number of amides is 1. The van der Waals surface area contributed by atoms with Crippen LogP contribution in [0.1, 0.15) is 42.5 Å². The third-order valence-corrected chi connectivity index (χ3v) is 12.2. The molecule has 0 bridgehead atoms. The van der Waals surface area contributed by atoms with Crippen LogP contribution in [0.2, 0.25) is 0 Å². The van der Waals surface area contributed by atoms with E-state index in [0.717, 1.165) is 35.1 Å². The van der Waals surface area contributed by atoms with Gasteiger partial charge in [-0.05, 0) is 42.5 Å². The number of benzene rings is 1. The van der Waals surface area contributed by atoms with Gasteiger partial charge in [-0.2, -0.15) is 0 Å². The topological polar surface area (TPSA) is 128 Å². The number of hydroxylamine groups is 1. The Morgan fingerprint density at radius 2 is 1.95 bits per heavy atom. The Morgan fingerprint density at radius 3 is 2.61 bits per heavy atom. The molecule has 2 aliphatic rings. The highest BCUT2D eigenvalue weighted by Crippen LogP contribution is 2.45. The van der Waals surface area contributed by atoms with Gasteiger partial charge < -0.3 is 9.47 Å². The van der Waals surface area contributed by atoms with Crippen molar-refractivity contribution in [2.24, 2.45) is 0 Å². The molecule has 2 aromatic rings. The van der Waals surface area contributed by atoms with E-state index < -0.39 is 43.2 Å². The van der Waals surface area contributed by atoms with Crippen molar-refractivity contribution in [2.45, 2.75) is 49.7 Å². The third kappa shape index (κ3) is 6.64. The summed E-state index contributed by atoms with van der Waals surface area (Å²) in [7, 11) is -5.93. The SMILES string of the molecule is COCc1ccc(-c2ccc(C3(CC(=O)NOC4CCCCO4)CCN(S(C)(=O)=O)CCS3(=O)=O)s2)cc1. The zero-order chi connectivity index (χ0) is 27.4. The Labute approximate surface area is 228 Å². The fraction of sp³-hybridized carbons (Fsp3) is 0.560. The number of nitrogens with zero attached hydrogens (tertiary/aromatic N) is 1. The second kappa shape index (κ2) is 12.1. The summed E-state index contributed by atoms with van der Waals surface area (Å²) in [5, 5.41) is 0. The van der Waals surface area contributed by atoms with E-state index in [4.69, 9.17) is 14.3 Å². The molecular weight excluding hydrogens is 552 g/mol. The molecule has 13 heteroatoms. The van der Waals surface area contributed by atoms with Crippen LogP contribution in [0.5, 0.6) is 0 Å². The maximum atomic E-state index is 13.8. The van der Waals surface area contributed by atoms with Gasteiger partial charge in [-0.25, -0.2) is 31.5 Å². The van der Waals surface area contributed by atoms with Crippen LogP contribution in [0, 0.1) is 0 Å². The molecule has 0 saturated carbocycles. The number of carbonyl (C=O) groups excluding carboxylic acids is 1. The van der Waals surface area contributed by atoms with Gasteiger partial charge in [0.05, 0.1) is 25.0 Å². The molecule has 210 valence electrons. The normalized spacial score (nSPS) is 24.5. The molecule has 0 aliphatic carbocycles. The van der Waals surface area contributed by atoms with Gasteiger partial charge in [-0.1, -0.05) is 24.3 Å². The standard InChI is InChI=1S/C25H34N2O8S3/c1-33-18-19-6-8-20(9-7-19)21-10-11-22(36-21)25(17-23(28)26-35-24-5-3-4-15-34-24)12-13-27(37(2,29)30)14-16-38(25,31)32/h6-11,24H,3-5,12-18H2,1-2H3,(H,26,28). The van der Waals surface area contributed by atoms with Crippen molar-refractivity contribution in [2.75, 3.05) is 38.8 Å². The maximum Gasteiger partial charge on any atom is 0.245 e. The number of hydrogen-bond acceptors (Lipinski definition) is 9. The summed E-state index contributed by atoms with van der Waals surface area (Å²) in [6, 6.07) is 11.3. The number of thiophene rings is 1. The first-order valence-corrected chi connectivity index (χ1v) is 16.8. The minimum Gasteiger partial charge on any atom is -0.380 e. The van der Waals surface area contributed by atoms with Crippen molar-refractivity contribution in [1.29, 1.82) is 0 Å². The summed E-state index contributed by atoms with van der Waals surface area (Å²) < 4.78 is 62.4. The number of rotatable bonds is 9. The lowest BCUT2D eigenvalue weighted by Gasteiger charge is -2.31. The Kier molecular flexibility index (Phi) is 9.28. The van der Waals surface area contributed by atoms with Gasteiger partial charge in [0.25, 0.3) is 0 Å². The number of carbonyl (C=O) groups is 1. The molecule has 2 unspecified atom stereocenters. The van der Waals surface area contributed by atoms with Crippen molar-refractivity contribution in [3.63, 3.8) is 0 Å². The number of methoxy groups -OCH3 is 1. The van der Waals surface area contributed by atoms with Crippen LogP contribution in [0.25, 0.3) is 10.4 Å². The minimum absolute atomic E-state index is 0.0170. The van der Waals surface area contributed by atoms with E-state index in [-0.39, 0.29) is 25.3 Å². The van der Waals surface area contributed by atoms with E-state index in [0.29, 0.717) is 24.5 Å². The lowest BCUT2D eigenvalue weighted by Crippen LogP contribution is -2.43. The summed E-state index contributed by atoms with van der Waals surface area (Å²) in [5.74, 6) is -0.992. The van der Waals surface area contributed by atoms with Gasteiger partial charge in [0, 0.05) is 43.0 Å². The zero-order valence-electron chi connectivity index (χ0n) is 21.6. The van der Waals surface area contributed by atoms with E-state index in [1.165, 1.54) is 15.6 Å². The van der Waals surface area contributed by atoms with Crippen LogP contribution in [0.3, 0.4) is 0 Å². The lowest BCUT2D eigenvalue weighted by molar-refractivity contribution is -0.200. The van der Waals surface area contributed by atoms with Gasteiger partial charge >= 0.3 is 0 Å². The Bertz CT molecular complexity index is 1320. The van der Waals surface area contributed by atoms with E-state index >= 15 is 0 Å². The zero-order valence-corrected chi connectivity index (χ0v) is 24.0. The molecule has 0 spiro atoms. The van der Waals surface area contributed by atoms with Crippen LogP contribution in [0.15, 0.2) is 36.4 Å². The number of sulfonamides is 1. The van der Waals surface area contributed by atoms with Crippen LogP contribution >= 0.6 is 11.3 Å². The van der Waals surface area contributed by atoms with Crippen molar-refractivity contribution >= 4 is 37.1 Å². The molecule has 1 aromatic heterocycles. The first-order chi connectivity index (χ1) is 18.0. The van der Waals surface area contributed by atoms with Crippen molar-refractivity contribution < 1.29 is 35.9 Å². The fourth-order valence-electron chi connectivity index (χ4n) is 4.78. The number of ether oxygens (including phenoxy) is 2. The summed E-state index contributed by atoms with van der Waals surface area (Å²) in [4.78, 5) is 19.8. The second-order valence-corrected chi connectivity index (χ2v) is 15.1. The number of nitrogens with one attached hydrogen (secondary N) is 1. The Morgan fingerprint density at radius 1 is 1.18 bits per heavy atom. The van der Waals surface area contributed by atoms with Gasteiger partial charge in [-0.3, -0.25) is 4.79 Å².